The summed E-state index contributed by atoms with van der Waals surface area (Å²) < 4.78 is 19.8. The molecular formula is C30H23Cl3N2O5S. The van der Waals surface area contributed by atoms with E-state index in [1.165, 1.54) is 18.3 Å². The largest absolute Gasteiger partial charge is 0.496 e. The molecule has 0 spiro atoms. The second kappa shape index (κ2) is 10.5. The van der Waals surface area contributed by atoms with E-state index >= 15 is 0 Å². The second-order valence-corrected chi connectivity index (χ2v) is 12.2. The van der Waals surface area contributed by atoms with Crippen molar-refractivity contribution in [1.29, 1.82) is 0 Å². The molecule has 0 amide bonds. The second-order valence-electron chi connectivity index (χ2n) is 9.97. The highest BCUT2D eigenvalue weighted by Crippen LogP contribution is 2.47. The molecule has 6 rings (SSSR count). The molecule has 41 heavy (non-hydrogen) atoms. The van der Waals surface area contributed by atoms with E-state index in [0.29, 0.717) is 41.7 Å². The molecule has 0 saturated carbocycles. The number of carbonyl (C=O) groups excluding carboxylic acids is 1. The summed E-state index contributed by atoms with van der Waals surface area (Å²) in [6.07, 6.45) is 1.79. The van der Waals surface area contributed by atoms with Crippen molar-refractivity contribution in [2.24, 2.45) is 10.9 Å². The number of methoxy groups -OCH3 is 1. The van der Waals surface area contributed by atoms with Gasteiger partial charge in [0.05, 0.1) is 27.7 Å². The average Bonchev–Trinajstić information content (AvgIpc) is 3.20. The van der Waals surface area contributed by atoms with Crippen molar-refractivity contribution in [2.75, 3.05) is 7.11 Å². The molecule has 0 aliphatic carbocycles. The zero-order valence-electron chi connectivity index (χ0n) is 22.1. The van der Waals surface area contributed by atoms with Gasteiger partial charge in [0.15, 0.2) is 10.6 Å². The van der Waals surface area contributed by atoms with Crippen LogP contribution in [0.5, 0.6) is 17.2 Å². The van der Waals surface area contributed by atoms with Crippen LogP contribution in [-0.2, 0) is 11.4 Å². The topological polar surface area (TPSA) is 79.1 Å². The summed E-state index contributed by atoms with van der Waals surface area (Å²) >= 11 is 19.8. The Kier molecular flexibility index (Phi) is 7.14. The number of carbonyl (C=O) groups is 1. The maximum Gasteiger partial charge on any atom is 0.270 e. The van der Waals surface area contributed by atoms with Gasteiger partial charge in [-0.2, -0.15) is 0 Å². The standard InChI is InChI=1S/C30H23Cl3N2O5S/c1-15(36)25-26-19-6-4-5-7-23(19)40-30(25,2)34-29-35(26)28(37)24(41-29)11-16-8-9-22(38-3)17(10-16)14-39-27-20(32)12-18(31)13-21(27)33/h4-13,25-26H,14H2,1-3H3/b24-11+. The first-order valence-electron chi connectivity index (χ1n) is 12.6. The minimum Gasteiger partial charge on any atom is -0.496 e. The van der Waals surface area contributed by atoms with Gasteiger partial charge in [-0.25, -0.2) is 4.99 Å². The molecule has 3 unspecified atom stereocenters. The first kappa shape index (κ1) is 27.8. The number of thiazole rings is 1. The van der Waals surface area contributed by atoms with Crippen LogP contribution >= 0.6 is 46.1 Å². The molecule has 210 valence electrons. The summed E-state index contributed by atoms with van der Waals surface area (Å²) in [4.78, 5) is 32.0. The summed E-state index contributed by atoms with van der Waals surface area (Å²) in [5, 5.41) is 0.984. The molecule has 0 fully saturated rings. The molecular weight excluding hydrogens is 607 g/mol. The monoisotopic (exact) mass is 628 g/mol. The normalized spacial score (nSPS) is 20.9. The molecule has 3 heterocycles. The van der Waals surface area contributed by atoms with Crippen molar-refractivity contribution in [3.05, 3.63) is 106 Å². The Balaban J connectivity index is 1.42. The van der Waals surface area contributed by atoms with E-state index in [-0.39, 0.29) is 17.9 Å². The smallest absolute Gasteiger partial charge is 0.270 e. The van der Waals surface area contributed by atoms with Crippen molar-refractivity contribution >= 4 is 58.0 Å². The van der Waals surface area contributed by atoms with E-state index in [1.54, 1.807) is 42.9 Å². The minimum absolute atomic E-state index is 0.0919. The Labute approximate surface area is 254 Å². The number of Topliss-reactive ketones (excluding diaryl/α,β-unsaturated/α-hetero) is 1. The Hall–Kier alpha value is -3.30. The van der Waals surface area contributed by atoms with Crippen molar-refractivity contribution in [3.63, 3.8) is 0 Å². The summed E-state index contributed by atoms with van der Waals surface area (Å²) in [6.45, 7) is 3.42. The van der Waals surface area contributed by atoms with Gasteiger partial charge in [0.1, 0.15) is 29.8 Å². The number of aromatic nitrogens is 1. The molecule has 1 aromatic heterocycles. The Morgan fingerprint density at radius 1 is 1.15 bits per heavy atom. The number of hydrogen-bond donors (Lipinski definition) is 0. The highest BCUT2D eigenvalue weighted by Gasteiger charge is 2.53. The van der Waals surface area contributed by atoms with Gasteiger partial charge in [-0.3, -0.25) is 14.2 Å². The van der Waals surface area contributed by atoms with E-state index in [0.717, 1.165) is 16.7 Å². The van der Waals surface area contributed by atoms with E-state index in [2.05, 4.69) is 0 Å². The van der Waals surface area contributed by atoms with Crippen LogP contribution in [0.3, 0.4) is 0 Å². The van der Waals surface area contributed by atoms with E-state index in [9.17, 15) is 9.59 Å². The number of nitrogens with zero attached hydrogens (tertiary/aromatic N) is 2. The maximum absolute atomic E-state index is 13.9. The molecule has 0 radical (unpaired) electrons. The number of rotatable bonds is 6. The number of ketones is 1. The molecule has 7 nitrogen and oxygen atoms in total. The van der Waals surface area contributed by atoms with Crippen LogP contribution in [0.15, 0.2) is 64.4 Å². The van der Waals surface area contributed by atoms with Gasteiger partial charge in [0.2, 0.25) is 5.72 Å². The molecule has 2 aliphatic rings. The molecule has 11 heteroatoms. The zero-order valence-corrected chi connectivity index (χ0v) is 25.2. The first-order valence-corrected chi connectivity index (χ1v) is 14.6. The minimum atomic E-state index is -1.12. The van der Waals surface area contributed by atoms with Gasteiger partial charge >= 0.3 is 0 Å². The van der Waals surface area contributed by atoms with Gasteiger partial charge in [-0.15, -0.1) is 0 Å². The fraction of sp³-hybridized carbons (Fsp3) is 0.233. The number of halogens is 3. The Morgan fingerprint density at radius 2 is 1.88 bits per heavy atom. The summed E-state index contributed by atoms with van der Waals surface area (Å²) in [6, 6.07) is 15.6. The van der Waals surface area contributed by atoms with Gasteiger partial charge < -0.3 is 14.2 Å². The average molecular weight is 630 g/mol. The van der Waals surface area contributed by atoms with Crippen LogP contribution in [0.25, 0.3) is 6.08 Å². The molecule has 4 aromatic rings. The summed E-state index contributed by atoms with van der Waals surface area (Å²) in [5.41, 5.74) is 0.918. The van der Waals surface area contributed by atoms with E-state index in [1.807, 2.05) is 36.4 Å². The van der Waals surface area contributed by atoms with Crippen LogP contribution in [0.1, 0.15) is 36.6 Å². The van der Waals surface area contributed by atoms with Crippen molar-refractivity contribution in [2.45, 2.75) is 32.2 Å². The van der Waals surface area contributed by atoms with E-state index in [4.69, 9.17) is 54.0 Å². The predicted molar refractivity (Wildman–Crippen MR) is 160 cm³/mol. The van der Waals surface area contributed by atoms with E-state index < -0.39 is 17.7 Å². The molecule has 3 aromatic carbocycles. The van der Waals surface area contributed by atoms with Gasteiger partial charge in [-0.05, 0) is 55.8 Å². The van der Waals surface area contributed by atoms with Crippen LogP contribution in [0, 0.1) is 5.92 Å². The van der Waals surface area contributed by atoms with Crippen LogP contribution in [-0.4, -0.2) is 23.2 Å². The van der Waals surface area contributed by atoms with Crippen molar-refractivity contribution < 1.29 is 19.0 Å². The number of benzene rings is 3. The number of fused-ring (bicyclic) bond motifs is 6. The van der Waals surface area contributed by atoms with Crippen molar-refractivity contribution in [1.82, 2.24) is 4.57 Å². The Bertz CT molecular complexity index is 1880. The number of ether oxygens (including phenoxy) is 3. The molecule has 0 saturated heterocycles. The lowest BCUT2D eigenvalue weighted by atomic mass is 9.79. The highest BCUT2D eigenvalue weighted by molar-refractivity contribution is 7.07. The zero-order chi connectivity index (χ0) is 29.1. The molecule has 0 N–H and O–H groups in total. The number of para-hydroxylation sites is 1. The van der Waals surface area contributed by atoms with Gasteiger partial charge in [0.25, 0.3) is 5.56 Å². The lowest BCUT2D eigenvalue weighted by molar-refractivity contribution is -0.132. The lowest BCUT2D eigenvalue weighted by Gasteiger charge is -2.45. The molecule has 2 bridgehead atoms. The third-order valence-corrected chi connectivity index (χ3v) is 9.02. The molecule has 3 atom stereocenters. The highest BCUT2D eigenvalue weighted by atomic mass is 35.5. The number of hydrogen-bond acceptors (Lipinski definition) is 7. The third kappa shape index (κ3) is 4.83. The predicted octanol–water partition coefficient (Wildman–Crippen LogP) is 5.82. The fourth-order valence-corrected chi connectivity index (χ4v) is 7.55. The van der Waals surface area contributed by atoms with Crippen LogP contribution in [0.4, 0.5) is 0 Å². The van der Waals surface area contributed by atoms with Crippen molar-refractivity contribution in [3.8, 4) is 17.2 Å². The SMILES string of the molecule is COc1ccc(/C=c2/sc3n(c2=O)C2c4ccccc4OC(C)(N=3)C2C(C)=O)cc1COc1c(Cl)cc(Cl)cc1Cl. The fourth-order valence-electron chi connectivity index (χ4n) is 5.53. The quantitative estimate of drug-likeness (QED) is 0.269. The summed E-state index contributed by atoms with van der Waals surface area (Å²) in [7, 11) is 1.57. The van der Waals surface area contributed by atoms with Crippen LogP contribution < -0.4 is 29.1 Å². The maximum atomic E-state index is 13.9. The van der Waals surface area contributed by atoms with Gasteiger partial charge in [-0.1, -0.05) is 70.4 Å². The van der Waals surface area contributed by atoms with Gasteiger partial charge in [0, 0.05) is 16.1 Å². The molecule has 2 aliphatic heterocycles. The first-order chi connectivity index (χ1) is 19.6. The van der Waals surface area contributed by atoms with Crippen LogP contribution in [0.2, 0.25) is 15.1 Å². The Morgan fingerprint density at radius 3 is 2.59 bits per heavy atom. The third-order valence-electron chi connectivity index (χ3n) is 7.26. The lowest BCUT2D eigenvalue weighted by Crippen LogP contribution is -2.58. The summed E-state index contributed by atoms with van der Waals surface area (Å²) in [5.74, 6) is 0.797.